The molecule has 1 N–H and O–H groups in total. The van der Waals surface area contributed by atoms with Gasteiger partial charge >= 0.3 is 0 Å². The second kappa shape index (κ2) is 7.60. The maximum Gasteiger partial charge on any atom is 0.119 e. The smallest absolute Gasteiger partial charge is 0.119 e. The SMILES string of the molecule is CC(=NO)c1cccc(OCCSc2ccccc2)c1. The standard InChI is InChI=1S/C16H17NO2S/c1-13(17-18)14-6-5-7-15(12-14)19-10-11-20-16-8-3-2-4-9-16/h2-9,12,18H,10-11H2,1H3. The third-order valence-electron chi connectivity index (χ3n) is 2.77. The first-order valence-corrected chi connectivity index (χ1v) is 7.38. The van der Waals surface area contributed by atoms with E-state index in [-0.39, 0.29) is 0 Å². The molecule has 0 aromatic heterocycles. The number of oxime groups is 1. The van der Waals surface area contributed by atoms with Gasteiger partial charge in [-0.05, 0) is 31.2 Å². The molecule has 4 heteroatoms. The summed E-state index contributed by atoms with van der Waals surface area (Å²) in [5.74, 6) is 1.68. The molecular weight excluding hydrogens is 270 g/mol. The summed E-state index contributed by atoms with van der Waals surface area (Å²) >= 11 is 1.77. The van der Waals surface area contributed by atoms with Crippen LogP contribution in [0.15, 0.2) is 64.6 Å². The van der Waals surface area contributed by atoms with Crippen molar-refractivity contribution in [2.45, 2.75) is 11.8 Å². The summed E-state index contributed by atoms with van der Waals surface area (Å²) in [5, 5.41) is 12.0. The predicted octanol–water partition coefficient (Wildman–Crippen LogP) is 4.06. The molecule has 3 nitrogen and oxygen atoms in total. The van der Waals surface area contributed by atoms with E-state index >= 15 is 0 Å². The average molecular weight is 287 g/mol. The average Bonchev–Trinajstić information content (AvgIpc) is 2.52. The molecule has 0 bridgehead atoms. The van der Waals surface area contributed by atoms with Crippen LogP contribution in [0, 0.1) is 0 Å². The molecule has 0 fully saturated rings. The fraction of sp³-hybridized carbons (Fsp3) is 0.188. The van der Waals surface area contributed by atoms with Crippen molar-refractivity contribution in [1.82, 2.24) is 0 Å². The molecule has 0 radical (unpaired) electrons. The highest BCUT2D eigenvalue weighted by Gasteiger charge is 2.01. The Hall–Kier alpha value is -1.94. The summed E-state index contributed by atoms with van der Waals surface area (Å²) in [4.78, 5) is 1.24. The lowest BCUT2D eigenvalue weighted by molar-refractivity contribution is 0.319. The van der Waals surface area contributed by atoms with Crippen molar-refractivity contribution >= 4 is 17.5 Å². The number of ether oxygens (including phenoxy) is 1. The minimum Gasteiger partial charge on any atom is -0.493 e. The Kier molecular flexibility index (Phi) is 5.50. The van der Waals surface area contributed by atoms with Gasteiger partial charge in [0.2, 0.25) is 0 Å². The minimum atomic E-state index is 0.578. The topological polar surface area (TPSA) is 41.8 Å². The van der Waals surface area contributed by atoms with E-state index in [1.165, 1.54) is 4.90 Å². The Morgan fingerprint density at radius 2 is 1.95 bits per heavy atom. The number of rotatable bonds is 6. The molecule has 0 aliphatic rings. The maximum atomic E-state index is 8.76. The summed E-state index contributed by atoms with van der Waals surface area (Å²) in [6.07, 6.45) is 0. The van der Waals surface area contributed by atoms with E-state index in [4.69, 9.17) is 9.94 Å². The first-order valence-electron chi connectivity index (χ1n) is 6.39. The van der Waals surface area contributed by atoms with E-state index in [2.05, 4.69) is 17.3 Å². The lowest BCUT2D eigenvalue weighted by atomic mass is 10.1. The van der Waals surface area contributed by atoms with Crippen molar-refractivity contribution in [2.24, 2.45) is 5.16 Å². The summed E-state index contributed by atoms with van der Waals surface area (Å²) < 4.78 is 5.71. The third kappa shape index (κ3) is 4.31. The van der Waals surface area contributed by atoms with Crippen molar-refractivity contribution in [3.8, 4) is 5.75 Å². The van der Waals surface area contributed by atoms with Crippen LogP contribution >= 0.6 is 11.8 Å². The Morgan fingerprint density at radius 1 is 1.15 bits per heavy atom. The van der Waals surface area contributed by atoms with Gasteiger partial charge in [-0.15, -0.1) is 11.8 Å². The molecule has 2 aromatic carbocycles. The Morgan fingerprint density at radius 3 is 2.70 bits per heavy atom. The minimum absolute atomic E-state index is 0.578. The van der Waals surface area contributed by atoms with Gasteiger partial charge in [-0.1, -0.05) is 35.5 Å². The third-order valence-corrected chi connectivity index (χ3v) is 3.74. The molecule has 104 valence electrons. The largest absolute Gasteiger partial charge is 0.493 e. The summed E-state index contributed by atoms with van der Waals surface area (Å²) in [7, 11) is 0. The fourth-order valence-electron chi connectivity index (χ4n) is 1.70. The number of benzene rings is 2. The zero-order valence-corrected chi connectivity index (χ0v) is 12.1. The monoisotopic (exact) mass is 287 g/mol. The van der Waals surface area contributed by atoms with E-state index in [1.807, 2.05) is 42.5 Å². The van der Waals surface area contributed by atoms with Crippen LogP contribution in [0.5, 0.6) is 5.75 Å². The molecule has 0 saturated heterocycles. The van der Waals surface area contributed by atoms with Gasteiger partial charge in [-0.3, -0.25) is 0 Å². The lowest BCUT2D eigenvalue weighted by Crippen LogP contribution is -2.01. The zero-order valence-electron chi connectivity index (χ0n) is 11.3. The van der Waals surface area contributed by atoms with Crippen molar-refractivity contribution in [2.75, 3.05) is 12.4 Å². The maximum absolute atomic E-state index is 8.76. The zero-order chi connectivity index (χ0) is 14.2. The molecule has 0 aliphatic carbocycles. The van der Waals surface area contributed by atoms with E-state index in [1.54, 1.807) is 18.7 Å². The van der Waals surface area contributed by atoms with Crippen molar-refractivity contribution in [3.05, 3.63) is 60.2 Å². The highest BCUT2D eigenvalue weighted by Crippen LogP contribution is 2.18. The highest BCUT2D eigenvalue weighted by molar-refractivity contribution is 7.99. The number of nitrogens with zero attached hydrogens (tertiary/aromatic N) is 1. The van der Waals surface area contributed by atoms with Crippen LogP contribution in [0.3, 0.4) is 0 Å². The number of hydrogen-bond acceptors (Lipinski definition) is 4. The van der Waals surface area contributed by atoms with E-state index in [9.17, 15) is 0 Å². The van der Waals surface area contributed by atoms with Crippen molar-refractivity contribution in [3.63, 3.8) is 0 Å². The van der Waals surface area contributed by atoms with Crippen LogP contribution in [0.2, 0.25) is 0 Å². The fourth-order valence-corrected chi connectivity index (χ4v) is 2.46. The molecule has 0 aliphatic heterocycles. The van der Waals surface area contributed by atoms with Crippen LogP contribution in [0.4, 0.5) is 0 Å². The molecular formula is C16H17NO2S. The van der Waals surface area contributed by atoms with Crippen LogP contribution < -0.4 is 4.74 Å². The van der Waals surface area contributed by atoms with Crippen LogP contribution in [-0.4, -0.2) is 23.3 Å². The molecule has 0 amide bonds. The first-order chi connectivity index (χ1) is 9.79. The van der Waals surface area contributed by atoms with Crippen LogP contribution in [0.1, 0.15) is 12.5 Å². The van der Waals surface area contributed by atoms with Gasteiger partial charge < -0.3 is 9.94 Å². The second-order valence-electron chi connectivity index (χ2n) is 4.22. The summed E-state index contributed by atoms with van der Waals surface area (Å²) in [5.41, 5.74) is 1.44. The lowest BCUT2D eigenvalue weighted by Gasteiger charge is -2.07. The summed E-state index contributed by atoms with van der Waals surface area (Å²) in [6.45, 7) is 2.39. The van der Waals surface area contributed by atoms with Crippen LogP contribution in [0.25, 0.3) is 0 Å². The Balaban J connectivity index is 1.82. The molecule has 0 saturated carbocycles. The second-order valence-corrected chi connectivity index (χ2v) is 5.39. The normalized spacial score (nSPS) is 11.3. The van der Waals surface area contributed by atoms with Crippen LogP contribution in [-0.2, 0) is 0 Å². The molecule has 0 atom stereocenters. The van der Waals surface area contributed by atoms with E-state index in [0.717, 1.165) is 17.1 Å². The number of thioether (sulfide) groups is 1. The molecule has 20 heavy (non-hydrogen) atoms. The van der Waals surface area contributed by atoms with Crippen molar-refractivity contribution in [1.29, 1.82) is 0 Å². The molecule has 0 spiro atoms. The number of hydrogen-bond donors (Lipinski definition) is 1. The summed E-state index contributed by atoms with van der Waals surface area (Å²) in [6, 6.07) is 17.8. The molecule has 0 unspecified atom stereocenters. The Bertz CT molecular complexity index is 570. The molecule has 2 aromatic rings. The predicted molar refractivity (Wildman–Crippen MR) is 83.1 cm³/mol. The van der Waals surface area contributed by atoms with Gasteiger partial charge in [0.15, 0.2) is 0 Å². The van der Waals surface area contributed by atoms with Crippen molar-refractivity contribution < 1.29 is 9.94 Å². The highest BCUT2D eigenvalue weighted by atomic mass is 32.2. The van der Waals surface area contributed by atoms with E-state index in [0.29, 0.717) is 12.3 Å². The molecule has 2 rings (SSSR count). The quantitative estimate of drug-likeness (QED) is 0.286. The van der Waals surface area contributed by atoms with Gasteiger partial charge in [0, 0.05) is 16.2 Å². The van der Waals surface area contributed by atoms with Gasteiger partial charge in [-0.2, -0.15) is 0 Å². The Labute approximate surface area is 123 Å². The molecule has 0 heterocycles. The first kappa shape index (κ1) is 14.5. The van der Waals surface area contributed by atoms with Gasteiger partial charge in [0.25, 0.3) is 0 Å². The van der Waals surface area contributed by atoms with Gasteiger partial charge in [-0.25, -0.2) is 0 Å². The van der Waals surface area contributed by atoms with Gasteiger partial charge in [0.1, 0.15) is 5.75 Å². The van der Waals surface area contributed by atoms with Gasteiger partial charge in [0.05, 0.1) is 12.3 Å². The van der Waals surface area contributed by atoms with E-state index < -0.39 is 0 Å².